The van der Waals surface area contributed by atoms with Gasteiger partial charge in [0.05, 0.1) is 24.2 Å². The molecule has 0 aliphatic heterocycles. The van der Waals surface area contributed by atoms with E-state index in [9.17, 15) is 4.79 Å². The summed E-state index contributed by atoms with van der Waals surface area (Å²) in [7, 11) is 1.36. The molecule has 0 amide bonds. The Morgan fingerprint density at radius 1 is 1.19 bits per heavy atom. The van der Waals surface area contributed by atoms with E-state index in [4.69, 9.17) is 9.72 Å². The first kappa shape index (κ1) is 17.0. The molecule has 4 rings (SSSR count). The zero-order chi connectivity index (χ0) is 19.0. The number of carbonyl (C=O) groups is 1. The monoisotopic (exact) mass is 361 g/mol. The standard InChI is InChI=1S/C20H19N5O2/c1-4-24-16(10-11-21-24)15-12-17(20(26)27-3)25-19(22-15)18(13(2)23-25)14-8-6-5-7-9-14/h5-12H,4H2,1-3H3. The van der Waals surface area contributed by atoms with Gasteiger partial charge in [0.2, 0.25) is 0 Å². The third-order valence-electron chi connectivity index (χ3n) is 4.50. The highest BCUT2D eigenvalue weighted by atomic mass is 16.5. The number of fused-ring (bicyclic) bond motifs is 1. The molecule has 0 fully saturated rings. The van der Waals surface area contributed by atoms with E-state index in [0.717, 1.165) is 22.5 Å². The number of aryl methyl sites for hydroxylation is 2. The molecule has 0 aliphatic rings. The molecule has 0 N–H and O–H groups in total. The van der Waals surface area contributed by atoms with E-state index in [0.29, 0.717) is 23.6 Å². The Bertz CT molecular complexity index is 1130. The first-order chi connectivity index (χ1) is 13.1. The highest BCUT2D eigenvalue weighted by Gasteiger charge is 2.21. The molecule has 0 saturated heterocycles. The van der Waals surface area contributed by atoms with E-state index in [1.54, 1.807) is 16.8 Å². The van der Waals surface area contributed by atoms with Crippen molar-refractivity contribution in [1.29, 1.82) is 0 Å². The summed E-state index contributed by atoms with van der Waals surface area (Å²) in [6.07, 6.45) is 1.72. The van der Waals surface area contributed by atoms with Gasteiger partial charge in [-0.1, -0.05) is 30.3 Å². The number of nitrogens with zero attached hydrogens (tertiary/aromatic N) is 5. The van der Waals surface area contributed by atoms with Gasteiger partial charge in [-0.15, -0.1) is 0 Å². The van der Waals surface area contributed by atoms with Gasteiger partial charge in [-0.3, -0.25) is 4.68 Å². The lowest BCUT2D eigenvalue weighted by Gasteiger charge is -2.09. The van der Waals surface area contributed by atoms with E-state index >= 15 is 0 Å². The van der Waals surface area contributed by atoms with Gasteiger partial charge in [-0.05, 0) is 31.5 Å². The summed E-state index contributed by atoms with van der Waals surface area (Å²) in [5, 5.41) is 8.86. The minimum absolute atomic E-state index is 0.326. The van der Waals surface area contributed by atoms with Crippen molar-refractivity contribution < 1.29 is 9.53 Å². The van der Waals surface area contributed by atoms with Gasteiger partial charge in [0, 0.05) is 18.3 Å². The number of benzene rings is 1. The van der Waals surface area contributed by atoms with Crippen LogP contribution in [0.4, 0.5) is 0 Å². The minimum atomic E-state index is -0.465. The van der Waals surface area contributed by atoms with Gasteiger partial charge >= 0.3 is 5.97 Å². The fourth-order valence-electron chi connectivity index (χ4n) is 3.25. The highest BCUT2D eigenvalue weighted by Crippen LogP contribution is 2.30. The molecule has 0 spiro atoms. The number of aromatic nitrogens is 5. The van der Waals surface area contributed by atoms with Crippen molar-refractivity contribution in [2.24, 2.45) is 0 Å². The Morgan fingerprint density at radius 2 is 1.96 bits per heavy atom. The Balaban J connectivity index is 2.06. The molecule has 1 aromatic carbocycles. The maximum absolute atomic E-state index is 12.4. The quantitative estimate of drug-likeness (QED) is 0.521. The molecule has 0 bridgehead atoms. The van der Waals surface area contributed by atoms with Crippen LogP contribution in [-0.2, 0) is 11.3 Å². The van der Waals surface area contributed by atoms with Crippen molar-refractivity contribution in [3.8, 4) is 22.5 Å². The van der Waals surface area contributed by atoms with Crippen molar-refractivity contribution in [1.82, 2.24) is 24.4 Å². The van der Waals surface area contributed by atoms with Crippen LogP contribution in [0.15, 0.2) is 48.7 Å². The van der Waals surface area contributed by atoms with Gasteiger partial charge < -0.3 is 4.74 Å². The molecule has 0 atom stereocenters. The molecule has 4 aromatic rings. The van der Waals surface area contributed by atoms with Gasteiger partial charge in [0.15, 0.2) is 11.3 Å². The summed E-state index contributed by atoms with van der Waals surface area (Å²) in [6.45, 7) is 4.62. The predicted molar refractivity (Wildman–Crippen MR) is 101 cm³/mol. The number of carbonyl (C=O) groups excluding carboxylic acids is 1. The van der Waals surface area contributed by atoms with Crippen LogP contribution in [0.1, 0.15) is 23.1 Å². The Morgan fingerprint density at radius 3 is 2.67 bits per heavy atom. The summed E-state index contributed by atoms with van der Waals surface area (Å²) in [4.78, 5) is 17.3. The lowest BCUT2D eigenvalue weighted by Crippen LogP contribution is -2.11. The largest absolute Gasteiger partial charge is 0.464 e. The van der Waals surface area contributed by atoms with Crippen molar-refractivity contribution in [3.63, 3.8) is 0 Å². The van der Waals surface area contributed by atoms with Crippen LogP contribution in [0.5, 0.6) is 0 Å². The van der Waals surface area contributed by atoms with Crippen LogP contribution < -0.4 is 0 Å². The van der Waals surface area contributed by atoms with Gasteiger partial charge in [-0.25, -0.2) is 14.3 Å². The summed E-state index contributed by atoms with van der Waals surface area (Å²) in [5.74, 6) is -0.465. The Hall–Kier alpha value is -3.48. The average molecular weight is 361 g/mol. The maximum Gasteiger partial charge on any atom is 0.356 e. The van der Waals surface area contributed by atoms with Gasteiger partial charge in [-0.2, -0.15) is 10.2 Å². The zero-order valence-corrected chi connectivity index (χ0v) is 15.4. The topological polar surface area (TPSA) is 74.3 Å². The predicted octanol–water partition coefficient (Wildman–Crippen LogP) is 3.37. The number of hydrogen-bond donors (Lipinski definition) is 0. The Kier molecular flexibility index (Phi) is 4.19. The molecule has 7 heteroatoms. The van der Waals surface area contributed by atoms with Gasteiger partial charge in [0.1, 0.15) is 0 Å². The Labute approximate surface area is 156 Å². The third kappa shape index (κ3) is 2.77. The molecular weight excluding hydrogens is 342 g/mol. The fourth-order valence-corrected chi connectivity index (χ4v) is 3.25. The van der Waals surface area contributed by atoms with Crippen molar-refractivity contribution in [3.05, 3.63) is 60.0 Å². The highest BCUT2D eigenvalue weighted by molar-refractivity contribution is 5.91. The van der Waals surface area contributed by atoms with Crippen molar-refractivity contribution >= 4 is 11.6 Å². The average Bonchev–Trinajstić information content (AvgIpc) is 3.30. The van der Waals surface area contributed by atoms with Crippen LogP contribution in [0.3, 0.4) is 0 Å². The lowest BCUT2D eigenvalue weighted by atomic mass is 10.1. The van der Waals surface area contributed by atoms with Crippen LogP contribution >= 0.6 is 0 Å². The number of ether oxygens (including phenoxy) is 1. The lowest BCUT2D eigenvalue weighted by molar-refractivity contribution is 0.0590. The minimum Gasteiger partial charge on any atom is -0.464 e. The van der Waals surface area contributed by atoms with E-state index in [2.05, 4.69) is 10.2 Å². The van der Waals surface area contributed by atoms with E-state index in [1.165, 1.54) is 7.11 Å². The SMILES string of the molecule is CCn1nccc1-c1cc(C(=O)OC)n2nc(C)c(-c3ccccc3)c2n1. The van der Waals surface area contributed by atoms with Crippen LogP contribution in [0.2, 0.25) is 0 Å². The van der Waals surface area contributed by atoms with Crippen LogP contribution in [0.25, 0.3) is 28.2 Å². The molecule has 7 nitrogen and oxygen atoms in total. The first-order valence-electron chi connectivity index (χ1n) is 8.70. The van der Waals surface area contributed by atoms with E-state index in [1.807, 2.05) is 54.9 Å². The molecule has 0 aliphatic carbocycles. The molecule has 3 aromatic heterocycles. The molecule has 27 heavy (non-hydrogen) atoms. The fraction of sp³-hybridized carbons (Fsp3) is 0.200. The van der Waals surface area contributed by atoms with E-state index < -0.39 is 5.97 Å². The first-order valence-corrected chi connectivity index (χ1v) is 8.70. The second kappa shape index (κ2) is 6.68. The molecule has 0 saturated carbocycles. The third-order valence-corrected chi connectivity index (χ3v) is 4.50. The molecule has 0 unspecified atom stereocenters. The number of rotatable bonds is 4. The second-order valence-corrected chi connectivity index (χ2v) is 6.11. The smallest absolute Gasteiger partial charge is 0.356 e. The zero-order valence-electron chi connectivity index (χ0n) is 15.4. The molecule has 3 heterocycles. The summed E-state index contributed by atoms with van der Waals surface area (Å²) < 4.78 is 8.37. The van der Waals surface area contributed by atoms with Crippen LogP contribution in [0, 0.1) is 6.92 Å². The van der Waals surface area contributed by atoms with Crippen molar-refractivity contribution in [2.75, 3.05) is 7.11 Å². The number of esters is 1. The molecule has 136 valence electrons. The van der Waals surface area contributed by atoms with Crippen molar-refractivity contribution in [2.45, 2.75) is 20.4 Å². The number of methoxy groups -OCH3 is 1. The summed E-state index contributed by atoms with van der Waals surface area (Å²) in [5.41, 5.74) is 5.11. The van der Waals surface area contributed by atoms with E-state index in [-0.39, 0.29) is 0 Å². The maximum atomic E-state index is 12.4. The van der Waals surface area contributed by atoms with Gasteiger partial charge in [0.25, 0.3) is 0 Å². The summed E-state index contributed by atoms with van der Waals surface area (Å²) >= 11 is 0. The molecular formula is C20H19N5O2. The van der Waals surface area contributed by atoms with Crippen LogP contribution in [-0.4, -0.2) is 37.5 Å². The normalized spacial score (nSPS) is 11.1. The number of hydrogen-bond acceptors (Lipinski definition) is 5. The second-order valence-electron chi connectivity index (χ2n) is 6.11. The molecule has 0 radical (unpaired) electrons. The summed E-state index contributed by atoms with van der Waals surface area (Å²) in [6, 6.07) is 13.5.